The fraction of sp³-hybridized carbons (Fsp3) is 0.250. The van der Waals surface area contributed by atoms with Crippen LogP contribution in [0.25, 0.3) is 11.4 Å². The molecule has 1 aromatic heterocycles. The second kappa shape index (κ2) is 7.63. The quantitative estimate of drug-likeness (QED) is 0.602. The van der Waals surface area contributed by atoms with Crippen LogP contribution in [0.2, 0.25) is 0 Å². The van der Waals surface area contributed by atoms with E-state index in [9.17, 15) is 4.79 Å². The largest absolute Gasteiger partial charge is 0.497 e. The molecule has 28 heavy (non-hydrogen) atoms. The standard InChI is InChI=1S/C20H19BrN4O3/c1-27-13-6-7-14(17(9-13)28-2)18-22-20(25-24-18)23-19(26)16-10-15(16)11-4-3-5-12(21)8-11/h3-9,15-16H,10H2,1-2H3,(H2,22,23,24,25,26). The summed E-state index contributed by atoms with van der Waals surface area (Å²) in [6, 6.07) is 13.5. The number of methoxy groups -OCH3 is 2. The van der Waals surface area contributed by atoms with Gasteiger partial charge in [0.2, 0.25) is 11.9 Å². The summed E-state index contributed by atoms with van der Waals surface area (Å²) >= 11 is 3.47. The van der Waals surface area contributed by atoms with Crippen molar-refractivity contribution < 1.29 is 14.3 Å². The monoisotopic (exact) mass is 442 g/mol. The third-order valence-corrected chi connectivity index (χ3v) is 5.28. The Morgan fingerprint density at radius 1 is 1.21 bits per heavy atom. The molecule has 1 saturated carbocycles. The minimum Gasteiger partial charge on any atom is -0.497 e. The van der Waals surface area contributed by atoms with Crippen LogP contribution in [-0.4, -0.2) is 35.3 Å². The maximum absolute atomic E-state index is 12.5. The van der Waals surface area contributed by atoms with Gasteiger partial charge in [0.15, 0.2) is 5.82 Å². The zero-order chi connectivity index (χ0) is 19.7. The average Bonchev–Trinajstić information content (AvgIpc) is 3.40. The molecule has 2 atom stereocenters. The number of nitrogens with zero attached hydrogens (tertiary/aromatic N) is 2. The van der Waals surface area contributed by atoms with Gasteiger partial charge in [0.25, 0.3) is 0 Å². The molecule has 4 rings (SSSR count). The first kappa shape index (κ1) is 18.5. The molecule has 7 nitrogen and oxygen atoms in total. The van der Waals surface area contributed by atoms with Gasteiger partial charge in [-0.25, -0.2) is 0 Å². The molecule has 1 fully saturated rings. The summed E-state index contributed by atoms with van der Waals surface area (Å²) in [5, 5.41) is 9.76. The van der Waals surface area contributed by atoms with Crippen LogP contribution in [0.5, 0.6) is 11.5 Å². The van der Waals surface area contributed by atoms with Gasteiger partial charge in [-0.05, 0) is 42.2 Å². The predicted molar refractivity (Wildman–Crippen MR) is 109 cm³/mol. The number of anilines is 1. The molecule has 3 aromatic rings. The van der Waals surface area contributed by atoms with Gasteiger partial charge >= 0.3 is 0 Å². The van der Waals surface area contributed by atoms with Crippen LogP contribution in [-0.2, 0) is 4.79 Å². The van der Waals surface area contributed by atoms with Gasteiger partial charge in [0, 0.05) is 16.5 Å². The molecule has 0 spiro atoms. The normalized spacial score (nSPS) is 17.8. The number of hydrogen-bond acceptors (Lipinski definition) is 5. The molecule has 1 heterocycles. The van der Waals surface area contributed by atoms with E-state index in [1.54, 1.807) is 20.3 Å². The van der Waals surface area contributed by atoms with E-state index in [1.165, 1.54) is 0 Å². The molecule has 1 aliphatic carbocycles. The molecule has 1 amide bonds. The van der Waals surface area contributed by atoms with Gasteiger partial charge < -0.3 is 9.47 Å². The third-order valence-electron chi connectivity index (χ3n) is 4.79. The summed E-state index contributed by atoms with van der Waals surface area (Å²) in [6.07, 6.45) is 0.825. The number of hydrogen-bond donors (Lipinski definition) is 2. The zero-order valence-corrected chi connectivity index (χ0v) is 17.0. The van der Waals surface area contributed by atoms with Crippen molar-refractivity contribution >= 4 is 27.8 Å². The summed E-state index contributed by atoms with van der Waals surface area (Å²) in [5.41, 5.74) is 1.89. The number of halogens is 1. The van der Waals surface area contributed by atoms with Crippen molar-refractivity contribution in [1.29, 1.82) is 0 Å². The van der Waals surface area contributed by atoms with E-state index in [0.29, 0.717) is 17.3 Å². The molecule has 2 unspecified atom stereocenters. The highest BCUT2D eigenvalue weighted by atomic mass is 79.9. The van der Waals surface area contributed by atoms with Gasteiger partial charge in [0.05, 0.1) is 19.8 Å². The van der Waals surface area contributed by atoms with E-state index in [1.807, 2.05) is 30.3 Å². The van der Waals surface area contributed by atoms with Crippen molar-refractivity contribution in [3.8, 4) is 22.9 Å². The van der Waals surface area contributed by atoms with Crippen molar-refractivity contribution in [2.45, 2.75) is 12.3 Å². The van der Waals surface area contributed by atoms with Crippen LogP contribution >= 0.6 is 15.9 Å². The first-order valence-electron chi connectivity index (χ1n) is 8.80. The second-order valence-electron chi connectivity index (χ2n) is 6.57. The fourth-order valence-corrected chi connectivity index (χ4v) is 3.64. The van der Waals surface area contributed by atoms with Crippen LogP contribution in [0.1, 0.15) is 17.9 Å². The third kappa shape index (κ3) is 3.73. The van der Waals surface area contributed by atoms with E-state index < -0.39 is 0 Å². The summed E-state index contributed by atoms with van der Waals surface area (Å²) in [6.45, 7) is 0. The molecule has 1 aliphatic rings. The average molecular weight is 443 g/mol. The molecule has 144 valence electrons. The van der Waals surface area contributed by atoms with Crippen molar-refractivity contribution in [3.05, 3.63) is 52.5 Å². The van der Waals surface area contributed by atoms with Crippen LogP contribution in [0, 0.1) is 5.92 Å². The number of aromatic nitrogens is 3. The molecule has 0 saturated heterocycles. The highest BCUT2D eigenvalue weighted by Crippen LogP contribution is 2.48. The number of amides is 1. The number of nitrogens with one attached hydrogen (secondary N) is 2. The smallest absolute Gasteiger partial charge is 0.249 e. The summed E-state index contributed by atoms with van der Waals surface area (Å²) in [4.78, 5) is 16.9. The first-order chi connectivity index (χ1) is 13.6. The Morgan fingerprint density at radius 2 is 2.07 bits per heavy atom. The number of carbonyl (C=O) groups excluding carboxylic acids is 1. The molecule has 8 heteroatoms. The Morgan fingerprint density at radius 3 is 2.82 bits per heavy atom. The van der Waals surface area contributed by atoms with Crippen molar-refractivity contribution in [1.82, 2.24) is 15.2 Å². The van der Waals surface area contributed by atoms with Gasteiger partial charge in [-0.3, -0.25) is 15.2 Å². The minimum absolute atomic E-state index is 0.0632. The van der Waals surface area contributed by atoms with Gasteiger partial charge in [0.1, 0.15) is 11.5 Å². The lowest BCUT2D eigenvalue weighted by Gasteiger charge is -2.07. The Labute approximate surface area is 170 Å². The fourth-order valence-electron chi connectivity index (χ4n) is 3.23. The van der Waals surface area contributed by atoms with Crippen molar-refractivity contribution in [3.63, 3.8) is 0 Å². The molecule has 2 N–H and O–H groups in total. The van der Waals surface area contributed by atoms with Crippen molar-refractivity contribution in [2.75, 3.05) is 19.5 Å². The zero-order valence-electron chi connectivity index (χ0n) is 15.4. The van der Waals surface area contributed by atoms with E-state index in [2.05, 4.69) is 42.5 Å². The lowest BCUT2D eigenvalue weighted by atomic mass is 10.1. The van der Waals surface area contributed by atoms with Crippen molar-refractivity contribution in [2.24, 2.45) is 5.92 Å². The van der Waals surface area contributed by atoms with E-state index >= 15 is 0 Å². The predicted octanol–water partition coefficient (Wildman–Crippen LogP) is 3.99. The van der Waals surface area contributed by atoms with Gasteiger partial charge in [-0.2, -0.15) is 4.98 Å². The summed E-state index contributed by atoms with van der Waals surface area (Å²) in [5.74, 6) is 2.14. The number of carbonyl (C=O) groups is 1. The number of ether oxygens (including phenoxy) is 2. The van der Waals surface area contributed by atoms with E-state index in [4.69, 9.17) is 9.47 Å². The molecule has 0 radical (unpaired) electrons. The molecule has 2 aromatic carbocycles. The molecule has 0 bridgehead atoms. The maximum Gasteiger partial charge on any atom is 0.249 e. The molecular formula is C20H19BrN4O3. The van der Waals surface area contributed by atoms with Gasteiger partial charge in [-0.1, -0.05) is 28.1 Å². The van der Waals surface area contributed by atoms with E-state index in [-0.39, 0.29) is 23.7 Å². The number of rotatable bonds is 6. The van der Waals surface area contributed by atoms with Crippen LogP contribution in [0.4, 0.5) is 5.95 Å². The topological polar surface area (TPSA) is 89.1 Å². The number of aromatic amines is 1. The van der Waals surface area contributed by atoms with E-state index in [0.717, 1.165) is 22.0 Å². The molecule has 0 aliphatic heterocycles. The van der Waals surface area contributed by atoms with Crippen LogP contribution < -0.4 is 14.8 Å². The number of H-pyrrole nitrogens is 1. The lowest BCUT2D eigenvalue weighted by Crippen LogP contribution is -2.15. The summed E-state index contributed by atoms with van der Waals surface area (Å²) in [7, 11) is 3.17. The van der Waals surface area contributed by atoms with Gasteiger partial charge in [-0.15, -0.1) is 5.10 Å². The summed E-state index contributed by atoms with van der Waals surface area (Å²) < 4.78 is 11.6. The Kier molecular flexibility index (Phi) is 5.04. The highest BCUT2D eigenvalue weighted by Gasteiger charge is 2.44. The number of benzene rings is 2. The highest BCUT2D eigenvalue weighted by molar-refractivity contribution is 9.10. The second-order valence-corrected chi connectivity index (χ2v) is 7.48. The lowest BCUT2D eigenvalue weighted by molar-refractivity contribution is -0.117. The maximum atomic E-state index is 12.5. The Hall–Kier alpha value is -2.87. The Bertz CT molecular complexity index is 1020. The van der Waals surface area contributed by atoms with Crippen LogP contribution in [0.3, 0.4) is 0 Å². The SMILES string of the molecule is COc1ccc(-c2nc(NC(=O)C3CC3c3cccc(Br)c3)n[nH]2)c(OC)c1. The molecular weight excluding hydrogens is 424 g/mol. The minimum atomic E-state index is -0.0720. The first-order valence-corrected chi connectivity index (χ1v) is 9.59. The Balaban J connectivity index is 1.45. The van der Waals surface area contributed by atoms with Crippen LogP contribution in [0.15, 0.2) is 46.9 Å².